The SMILES string of the molecule is CCC1(C)CCC(CNc2nc(C(C)(C)C(=O)OC)c(C)s2)O1. The normalized spacial score (nSPS) is 24.7. The summed E-state index contributed by atoms with van der Waals surface area (Å²) in [5.41, 5.74) is 0.0610. The Morgan fingerprint density at radius 3 is 2.83 bits per heavy atom. The number of aryl methyl sites for hydroxylation is 1. The molecule has 0 radical (unpaired) electrons. The predicted octanol–water partition coefficient (Wildman–Crippen LogP) is 3.66. The average molecular weight is 340 g/mol. The number of rotatable bonds is 6. The summed E-state index contributed by atoms with van der Waals surface area (Å²) < 4.78 is 11.0. The number of esters is 1. The number of carbonyl (C=O) groups excluding carboxylic acids is 1. The van der Waals surface area contributed by atoms with Crippen molar-refractivity contribution in [2.75, 3.05) is 19.0 Å². The van der Waals surface area contributed by atoms with Crippen molar-refractivity contribution in [1.82, 2.24) is 4.98 Å². The van der Waals surface area contributed by atoms with Crippen molar-refractivity contribution in [2.24, 2.45) is 0 Å². The van der Waals surface area contributed by atoms with E-state index < -0.39 is 5.41 Å². The summed E-state index contributed by atoms with van der Waals surface area (Å²) in [5.74, 6) is -0.268. The molecule has 1 saturated heterocycles. The molecule has 0 aliphatic carbocycles. The second-order valence-electron chi connectivity index (χ2n) is 7.00. The molecule has 0 spiro atoms. The number of carbonyl (C=O) groups is 1. The lowest BCUT2D eigenvalue weighted by atomic mass is 9.89. The zero-order valence-corrected chi connectivity index (χ0v) is 15.8. The van der Waals surface area contributed by atoms with Gasteiger partial charge in [0.25, 0.3) is 0 Å². The summed E-state index contributed by atoms with van der Waals surface area (Å²) in [6, 6.07) is 0. The van der Waals surface area contributed by atoms with E-state index in [2.05, 4.69) is 24.1 Å². The molecule has 2 rings (SSSR count). The van der Waals surface area contributed by atoms with Crippen LogP contribution in [0.5, 0.6) is 0 Å². The Labute approximate surface area is 142 Å². The van der Waals surface area contributed by atoms with Crippen molar-refractivity contribution < 1.29 is 14.3 Å². The lowest BCUT2D eigenvalue weighted by molar-refractivity contribution is -0.146. The summed E-state index contributed by atoms with van der Waals surface area (Å²) >= 11 is 1.57. The lowest BCUT2D eigenvalue weighted by Crippen LogP contribution is -2.31. The maximum Gasteiger partial charge on any atom is 0.317 e. The minimum atomic E-state index is -0.736. The van der Waals surface area contributed by atoms with Gasteiger partial charge in [-0.15, -0.1) is 11.3 Å². The molecule has 2 atom stereocenters. The molecule has 1 aliphatic heterocycles. The number of methoxy groups -OCH3 is 1. The molecule has 1 aromatic rings. The first-order valence-corrected chi connectivity index (χ1v) is 9.01. The molecule has 1 aliphatic rings. The second-order valence-corrected chi connectivity index (χ2v) is 8.21. The number of hydrogen-bond donors (Lipinski definition) is 1. The molecular formula is C17H28N2O3S. The quantitative estimate of drug-likeness (QED) is 0.801. The Hall–Kier alpha value is -1.14. The molecular weight excluding hydrogens is 312 g/mol. The van der Waals surface area contributed by atoms with Gasteiger partial charge in [-0.1, -0.05) is 6.92 Å². The third-order valence-electron chi connectivity index (χ3n) is 4.76. The van der Waals surface area contributed by atoms with Crippen molar-refractivity contribution in [3.63, 3.8) is 0 Å². The van der Waals surface area contributed by atoms with Crippen molar-refractivity contribution in [2.45, 2.75) is 71.0 Å². The van der Waals surface area contributed by atoms with Crippen LogP contribution in [0.15, 0.2) is 0 Å². The van der Waals surface area contributed by atoms with Crippen LogP contribution in [0.4, 0.5) is 5.13 Å². The second kappa shape index (κ2) is 6.77. The van der Waals surface area contributed by atoms with Gasteiger partial charge >= 0.3 is 5.97 Å². The highest BCUT2D eigenvalue weighted by Gasteiger charge is 2.36. The van der Waals surface area contributed by atoms with Crippen molar-refractivity contribution >= 4 is 22.4 Å². The molecule has 1 N–H and O–H groups in total. The van der Waals surface area contributed by atoms with Crippen molar-refractivity contribution in [3.05, 3.63) is 10.6 Å². The Morgan fingerprint density at radius 1 is 1.57 bits per heavy atom. The zero-order chi connectivity index (χ0) is 17.3. The van der Waals surface area contributed by atoms with E-state index in [4.69, 9.17) is 9.47 Å². The predicted molar refractivity (Wildman–Crippen MR) is 93.2 cm³/mol. The number of ether oxygens (including phenoxy) is 2. The number of nitrogens with one attached hydrogen (secondary N) is 1. The molecule has 0 saturated carbocycles. The zero-order valence-electron chi connectivity index (χ0n) is 15.0. The van der Waals surface area contributed by atoms with Crippen LogP contribution in [0, 0.1) is 6.92 Å². The molecule has 2 unspecified atom stereocenters. The van der Waals surface area contributed by atoms with Gasteiger partial charge in [0, 0.05) is 11.4 Å². The molecule has 130 valence electrons. The van der Waals surface area contributed by atoms with Crippen LogP contribution in [0.3, 0.4) is 0 Å². The van der Waals surface area contributed by atoms with Crippen LogP contribution in [0.2, 0.25) is 0 Å². The molecule has 0 amide bonds. The van der Waals surface area contributed by atoms with Crippen LogP contribution in [-0.4, -0.2) is 36.3 Å². The number of nitrogens with zero attached hydrogens (tertiary/aromatic N) is 1. The van der Waals surface area contributed by atoms with Crippen LogP contribution >= 0.6 is 11.3 Å². The van der Waals surface area contributed by atoms with E-state index in [1.165, 1.54) is 7.11 Å². The fourth-order valence-corrected chi connectivity index (χ4v) is 3.98. The van der Waals surface area contributed by atoms with E-state index in [1.807, 2.05) is 20.8 Å². The van der Waals surface area contributed by atoms with Gasteiger partial charge in [-0.05, 0) is 47.0 Å². The van der Waals surface area contributed by atoms with E-state index in [9.17, 15) is 4.79 Å². The maximum absolute atomic E-state index is 12.0. The minimum absolute atomic E-state index is 0.0170. The smallest absolute Gasteiger partial charge is 0.317 e. The Kier molecular flexibility index (Phi) is 5.36. The lowest BCUT2D eigenvalue weighted by Gasteiger charge is -2.23. The van der Waals surface area contributed by atoms with E-state index in [-0.39, 0.29) is 17.7 Å². The monoisotopic (exact) mass is 340 g/mol. The fourth-order valence-electron chi connectivity index (χ4n) is 3.00. The topological polar surface area (TPSA) is 60.5 Å². The minimum Gasteiger partial charge on any atom is -0.468 e. The number of aromatic nitrogens is 1. The maximum atomic E-state index is 12.0. The largest absolute Gasteiger partial charge is 0.468 e. The number of hydrogen-bond acceptors (Lipinski definition) is 6. The van der Waals surface area contributed by atoms with Gasteiger partial charge in [0.1, 0.15) is 5.41 Å². The van der Waals surface area contributed by atoms with Gasteiger partial charge in [-0.25, -0.2) is 4.98 Å². The molecule has 2 heterocycles. The van der Waals surface area contributed by atoms with Gasteiger partial charge in [0.05, 0.1) is 24.5 Å². The van der Waals surface area contributed by atoms with Crippen LogP contribution < -0.4 is 5.32 Å². The highest BCUT2D eigenvalue weighted by molar-refractivity contribution is 7.15. The van der Waals surface area contributed by atoms with Gasteiger partial charge in [0.15, 0.2) is 5.13 Å². The van der Waals surface area contributed by atoms with Gasteiger partial charge in [-0.2, -0.15) is 0 Å². The fraction of sp³-hybridized carbons (Fsp3) is 0.765. The third kappa shape index (κ3) is 3.86. The molecule has 23 heavy (non-hydrogen) atoms. The highest BCUT2D eigenvalue weighted by Crippen LogP contribution is 2.35. The van der Waals surface area contributed by atoms with Crippen LogP contribution in [0.1, 0.15) is 57.5 Å². The standard InChI is InChI=1S/C17H28N2O3S/c1-7-17(5)9-8-12(22-17)10-18-15-19-13(11(2)23-15)16(3,4)14(20)21-6/h12H,7-10H2,1-6H3,(H,18,19). The summed E-state index contributed by atoms with van der Waals surface area (Å²) in [6.07, 6.45) is 3.44. The first-order valence-electron chi connectivity index (χ1n) is 8.20. The van der Waals surface area contributed by atoms with E-state index in [1.54, 1.807) is 11.3 Å². The van der Waals surface area contributed by atoms with E-state index in [0.717, 1.165) is 41.5 Å². The van der Waals surface area contributed by atoms with E-state index >= 15 is 0 Å². The average Bonchev–Trinajstić information content (AvgIpc) is 3.08. The Morgan fingerprint density at radius 2 is 2.26 bits per heavy atom. The first kappa shape index (κ1) is 18.2. The summed E-state index contributed by atoms with van der Waals surface area (Å²) in [6.45, 7) is 10.8. The van der Waals surface area contributed by atoms with Gasteiger partial charge < -0.3 is 14.8 Å². The summed E-state index contributed by atoms with van der Waals surface area (Å²) in [5, 5.41) is 4.21. The highest BCUT2D eigenvalue weighted by atomic mass is 32.1. The Bertz CT molecular complexity index is 570. The van der Waals surface area contributed by atoms with Crippen molar-refractivity contribution in [3.8, 4) is 0 Å². The van der Waals surface area contributed by atoms with E-state index in [0.29, 0.717) is 0 Å². The molecule has 5 nitrogen and oxygen atoms in total. The molecule has 0 bridgehead atoms. The molecule has 6 heteroatoms. The van der Waals surface area contributed by atoms with Crippen LogP contribution in [-0.2, 0) is 19.7 Å². The van der Waals surface area contributed by atoms with Gasteiger partial charge in [-0.3, -0.25) is 4.79 Å². The number of thiazole rings is 1. The molecule has 1 fully saturated rings. The first-order chi connectivity index (χ1) is 10.7. The van der Waals surface area contributed by atoms with Crippen molar-refractivity contribution in [1.29, 1.82) is 0 Å². The summed E-state index contributed by atoms with van der Waals surface area (Å²) in [4.78, 5) is 17.6. The molecule has 0 aromatic carbocycles. The Balaban J connectivity index is 2.01. The number of anilines is 1. The summed E-state index contributed by atoms with van der Waals surface area (Å²) in [7, 11) is 1.41. The van der Waals surface area contributed by atoms with Crippen LogP contribution in [0.25, 0.3) is 0 Å². The third-order valence-corrected chi connectivity index (χ3v) is 5.69. The molecule has 1 aromatic heterocycles. The van der Waals surface area contributed by atoms with Gasteiger partial charge in [0.2, 0.25) is 0 Å².